The standard InChI is InChI=1S/C14H13N3O4S2.C13H11ClN2O2.C6H14N2O2/c1-8-7-15-14(22-8)16-13(19)11-12(18)9-5-3-4-6-10(9)23(20,21)17(11)2;1-8-7-9(14)4-5-11(8)16-12-10(13(17)18)3-2-6-15-12;7-4-2-1-3-5(8)6(9)10/h3-7,18H,1-2H3,(H,15,16,19);2-7H,1H3,(H,15,16)(H,17,18);5H,1-4,7-8H2,(H,9,10)/t;;5-/m..0/s1. The number of hydrogen-bond donors (Lipinski definition) is 7. The normalized spacial score (nSPS) is 13.4. The monoisotopic (exact) mass is 759 g/mol. The SMILES string of the molecule is Cc1cc(Cl)ccc1Nc1ncccc1C(=O)O.Cc1cnc(NC(=O)C2=C(O)c3ccccc3S(=O)(=O)N2C)s1.NCCCC[C@H](N)C(=O)O. The molecule has 0 fully saturated rings. The summed E-state index contributed by atoms with van der Waals surface area (Å²) in [5.74, 6) is -2.76. The Hall–Kier alpha value is -5.07. The Labute approximate surface area is 303 Å². The molecule has 1 aliphatic heterocycles. The Balaban J connectivity index is 0.000000224. The van der Waals surface area contributed by atoms with Crippen molar-refractivity contribution in [3.63, 3.8) is 0 Å². The predicted octanol–water partition coefficient (Wildman–Crippen LogP) is 4.96. The molecule has 1 atom stereocenters. The number of aliphatic hydroxyl groups is 1. The number of sulfonamides is 1. The van der Waals surface area contributed by atoms with Crippen molar-refractivity contribution in [1.29, 1.82) is 0 Å². The van der Waals surface area contributed by atoms with Crippen LogP contribution in [0.4, 0.5) is 16.6 Å². The number of nitrogens with zero attached hydrogens (tertiary/aromatic N) is 3. The number of unbranched alkanes of at least 4 members (excludes halogenated alkanes) is 1. The van der Waals surface area contributed by atoms with Crippen molar-refractivity contribution in [1.82, 2.24) is 14.3 Å². The largest absolute Gasteiger partial charge is 0.505 e. The highest BCUT2D eigenvalue weighted by molar-refractivity contribution is 7.89. The average molecular weight is 760 g/mol. The number of aliphatic carboxylic acids is 1. The van der Waals surface area contributed by atoms with Gasteiger partial charge in [-0.15, -0.1) is 11.3 Å². The molecule has 0 spiro atoms. The highest BCUT2D eigenvalue weighted by Crippen LogP contribution is 2.35. The van der Waals surface area contributed by atoms with E-state index in [1.807, 2.05) is 13.8 Å². The lowest BCUT2D eigenvalue weighted by Gasteiger charge is -2.28. The summed E-state index contributed by atoms with van der Waals surface area (Å²) in [6.45, 7) is 4.32. The van der Waals surface area contributed by atoms with Crippen molar-refractivity contribution in [3.8, 4) is 0 Å². The number of nitrogens with two attached hydrogens (primary N) is 2. The first kappa shape index (κ1) is 40.4. The van der Waals surface area contributed by atoms with Crippen LogP contribution in [-0.4, -0.2) is 75.5 Å². The molecule has 2 aromatic heterocycles. The number of carboxylic acids is 2. The number of benzene rings is 2. The van der Waals surface area contributed by atoms with Crippen LogP contribution in [-0.2, 0) is 19.6 Å². The quantitative estimate of drug-likeness (QED) is 0.106. The van der Waals surface area contributed by atoms with Crippen molar-refractivity contribution in [2.24, 2.45) is 11.5 Å². The van der Waals surface area contributed by atoms with Crippen LogP contribution in [0.3, 0.4) is 0 Å². The molecule has 0 aliphatic carbocycles. The minimum atomic E-state index is -3.90. The topological polar surface area (TPSA) is 251 Å². The molecule has 51 heavy (non-hydrogen) atoms. The summed E-state index contributed by atoms with van der Waals surface area (Å²) in [6, 6.07) is 13.7. The smallest absolute Gasteiger partial charge is 0.339 e. The zero-order valence-electron chi connectivity index (χ0n) is 27.8. The fourth-order valence-electron chi connectivity index (χ4n) is 4.46. The van der Waals surface area contributed by atoms with Crippen LogP contribution in [0.1, 0.15) is 45.6 Å². The zero-order valence-corrected chi connectivity index (χ0v) is 30.2. The summed E-state index contributed by atoms with van der Waals surface area (Å²) in [5, 5.41) is 34.2. The Morgan fingerprint density at radius 1 is 1.04 bits per heavy atom. The number of aliphatic hydroxyl groups excluding tert-OH is 1. The molecule has 0 saturated carbocycles. The van der Waals surface area contributed by atoms with Gasteiger partial charge in [-0.1, -0.05) is 30.2 Å². The molecule has 0 bridgehead atoms. The lowest BCUT2D eigenvalue weighted by atomic mass is 10.1. The molecule has 0 radical (unpaired) electrons. The Kier molecular flexibility index (Phi) is 14.4. The van der Waals surface area contributed by atoms with E-state index in [2.05, 4.69) is 20.6 Å². The maximum absolute atomic E-state index is 12.5. The molecule has 5 rings (SSSR count). The molecule has 3 heterocycles. The van der Waals surface area contributed by atoms with Gasteiger partial charge in [0.1, 0.15) is 17.4 Å². The fraction of sp³-hybridized carbons (Fsp3) is 0.242. The lowest BCUT2D eigenvalue weighted by molar-refractivity contribution is -0.138. The maximum Gasteiger partial charge on any atom is 0.339 e. The number of nitrogens with one attached hydrogen (secondary N) is 2. The number of carbonyl (C=O) groups excluding carboxylic acids is 1. The lowest BCUT2D eigenvalue weighted by Crippen LogP contribution is -2.37. The van der Waals surface area contributed by atoms with Crippen LogP contribution < -0.4 is 22.1 Å². The highest BCUT2D eigenvalue weighted by atomic mass is 35.5. The number of amides is 1. The predicted molar refractivity (Wildman–Crippen MR) is 196 cm³/mol. The molecule has 4 aromatic rings. The first-order valence-electron chi connectivity index (χ1n) is 15.2. The summed E-state index contributed by atoms with van der Waals surface area (Å²) in [5.41, 5.74) is 12.0. The molecular formula is C33H38ClN7O8S2. The molecule has 1 aliphatic rings. The summed E-state index contributed by atoms with van der Waals surface area (Å²) in [7, 11) is -2.67. The van der Waals surface area contributed by atoms with Crippen LogP contribution in [0.25, 0.3) is 5.76 Å². The van der Waals surface area contributed by atoms with Crippen LogP contribution >= 0.6 is 22.9 Å². The zero-order chi connectivity index (χ0) is 37.9. The number of aromatic nitrogens is 2. The third-order valence-corrected chi connectivity index (χ3v) is 10.0. The van der Waals surface area contributed by atoms with Crippen LogP contribution in [0, 0.1) is 13.8 Å². The number of carbonyl (C=O) groups is 3. The summed E-state index contributed by atoms with van der Waals surface area (Å²) in [4.78, 5) is 42.5. The number of anilines is 3. The van der Waals surface area contributed by atoms with Crippen LogP contribution in [0.5, 0.6) is 0 Å². The molecule has 1 amide bonds. The van der Waals surface area contributed by atoms with E-state index in [-0.39, 0.29) is 27.5 Å². The highest BCUT2D eigenvalue weighted by Gasteiger charge is 2.37. The van der Waals surface area contributed by atoms with Gasteiger partial charge in [0.05, 0.1) is 4.90 Å². The van der Waals surface area contributed by atoms with Gasteiger partial charge >= 0.3 is 11.9 Å². The van der Waals surface area contributed by atoms with Gasteiger partial charge in [0.15, 0.2) is 16.6 Å². The average Bonchev–Trinajstić information content (AvgIpc) is 3.50. The van der Waals surface area contributed by atoms with E-state index in [9.17, 15) is 27.9 Å². The summed E-state index contributed by atoms with van der Waals surface area (Å²) in [6.07, 6.45) is 5.29. The number of rotatable bonds is 10. The molecule has 0 saturated heterocycles. The molecule has 18 heteroatoms. The molecular weight excluding hydrogens is 722 g/mol. The van der Waals surface area contributed by atoms with Crippen LogP contribution in [0.15, 0.2) is 77.6 Å². The van der Waals surface area contributed by atoms with E-state index < -0.39 is 33.9 Å². The number of pyridine rings is 1. The maximum atomic E-state index is 12.5. The van der Waals surface area contributed by atoms with Gasteiger partial charge in [-0.25, -0.2) is 23.2 Å². The van der Waals surface area contributed by atoms with E-state index in [4.69, 9.17) is 33.3 Å². The second-order valence-corrected chi connectivity index (χ2v) is 14.5. The number of aryl methyl sites for hydroxylation is 2. The summed E-state index contributed by atoms with van der Waals surface area (Å²) < 4.78 is 25.8. The second kappa shape index (κ2) is 18.2. The van der Waals surface area contributed by atoms with Gasteiger partial charge in [-0.2, -0.15) is 0 Å². The first-order valence-corrected chi connectivity index (χ1v) is 17.9. The Morgan fingerprint density at radius 2 is 1.75 bits per heavy atom. The number of carboxylic acid groups (broad SMARTS) is 2. The number of thiazole rings is 1. The Bertz CT molecular complexity index is 2020. The van der Waals surface area contributed by atoms with Gasteiger partial charge in [0, 0.05) is 40.6 Å². The number of hydrogen-bond acceptors (Lipinski definition) is 12. The number of fused-ring (bicyclic) bond motifs is 1. The van der Waals surface area contributed by atoms with Crippen molar-refractivity contribution in [2.75, 3.05) is 24.2 Å². The van der Waals surface area contributed by atoms with Crippen molar-refractivity contribution in [2.45, 2.75) is 44.0 Å². The van der Waals surface area contributed by atoms with Gasteiger partial charge in [-0.3, -0.25) is 19.2 Å². The molecule has 0 unspecified atom stereocenters. The second-order valence-electron chi connectivity index (χ2n) is 10.9. The fourth-order valence-corrected chi connectivity index (χ4v) is 6.74. The third kappa shape index (κ3) is 10.7. The van der Waals surface area contributed by atoms with Crippen molar-refractivity contribution in [3.05, 3.63) is 99.3 Å². The number of aromatic carboxylic acids is 1. The minimum absolute atomic E-state index is 0.0401. The number of likely N-dealkylation sites (N-methyl/N-ethyl adjacent to an activating group) is 1. The Morgan fingerprint density at radius 3 is 2.35 bits per heavy atom. The molecule has 9 N–H and O–H groups in total. The first-order chi connectivity index (χ1) is 24.1. The van der Waals surface area contributed by atoms with Gasteiger partial charge in [0.25, 0.3) is 15.9 Å². The van der Waals surface area contributed by atoms with Gasteiger partial charge in [0.2, 0.25) is 0 Å². The van der Waals surface area contributed by atoms with Crippen molar-refractivity contribution < 1.29 is 38.1 Å². The van der Waals surface area contributed by atoms with E-state index in [1.54, 1.807) is 48.8 Å². The van der Waals surface area contributed by atoms with E-state index in [0.29, 0.717) is 28.9 Å². The third-order valence-electron chi connectivity index (χ3n) is 7.14. The van der Waals surface area contributed by atoms with Gasteiger partial charge in [-0.05, 0) is 81.3 Å². The number of halogens is 1. The van der Waals surface area contributed by atoms with Gasteiger partial charge < -0.3 is 32.1 Å². The molecule has 272 valence electrons. The molecule has 2 aromatic carbocycles. The van der Waals surface area contributed by atoms with Crippen LogP contribution in [0.2, 0.25) is 5.02 Å². The van der Waals surface area contributed by atoms with E-state index >= 15 is 0 Å². The van der Waals surface area contributed by atoms with E-state index in [1.165, 1.54) is 36.6 Å². The molecule has 15 nitrogen and oxygen atoms in total. The summed E-state index contributed by atoms with van der Waals surface area (Å²) >= 11 is 7.12. The minimum Gasteiger partial charge on any atom is -0.505 e. The van der Waals surface area contributed by atoms with E-state index in [0.717, 1.165) is 33.3 Å². The van der Waals surface area contributed by atoms with Crippen molar-refractivity contribution >= 4 is 73.2 Å².